The van der Waals surface area contributed by atoms with Gasteiger partial charge in [-0.25, -0.2) is 0 Å². The predicted molar refractivity (Wildman–Crippen MR) is 117 cm³/mol. The second kappa shape index (κ2) is 8.23. The normalized spacial score (nSPS) is 11.9. The van der Waals surface area contributed by atoms with Crippen LogP contribution < -0.4 is 10.1 Å². The molecule has 0 aliphatic rings. The van der Waals surface area contributed by atoms with E-state index in [4.69, 9.17) is 4.74 Å². The first-order chi connectivity index (χ1) is 14.2. The van der Waals surface area contributed by atoms with E-state index in [1.807, 2.05) is 61.7 Å². The van der Waals surface area contributed by atoms with Crippen molar-refractivity contribution in [1.82, 2.24) is 10.3 Å². The zero-order chi connectivity index (χ0) is 20.2. The van der Waals surface area contributed by atoms with Crippen LogP contribution in [0.5, 0.6) is 5.75 Å². The van der Waals surface area contributed by atoms with Gasteiger partial charge < -0.3 is 15.0 Å². The minimum atomic E-state index is -0.0542. The first-order valence-corrected chi connectivity index (χ1v) is 9.71. The molecule has 1 heterocycles. The molecule has 2 N–H and O–H groups in total. The number of amides is 1. The van der Waals surface area contributed by atoms with Gasteiger partial charge in [0.15, 0.2) is 0 Å². The molecule has 0 spiro atoms. The molecule has 0 aliphatic carbocycles. The Morgan fingerprint density at radius 2 is 1.72 bits per heavy atom. The van der Waals surface area contributed by atoms with E-state index in [0.29, 0.717) is 12.1 Å². The van der Waals surface area contributed by atoms with Crippen molar-refractivity contribution in [1.29, 1.82) is 0 Å². The number of hydrogen-bond acceptors (Lipinski definition) is 2. The van der Waals surface area contributed by atoms with Crippen LogP contribution in [0.3, 0.4) is 0 Å². The largest absolute Gasteiger partial charge is 0.497 e. The van der Waals surface area contributed by atoms with Gasteiger partial charge in [-0.1, -0.05) is 48.5 Å². The summed E-state index contributed by atoms with van der Waals surface area (Å²) in [5.41, 5.74) is 5.06. The number of hydrogen-bond donors (Lipinski definition) is 2. The lowest BCUT2D eigenvalue weighted by Gasteiger charge is -2.19. The third kappa shape index (κ3) is 3.87. The topological polar surface area (TPSA) is 54.1 Å². The number of carbonyl (C=O) groups excluding carboxylic acids is 1. The Morgan fingerprint density at radius 1 is 1.00 bits per heavy atom. The van der Waals surface area contributed by atoms with Gasteiger partial charge in [-0.05, 0) is 47.9 Å². The van der Waals surface area contributed by atoms with E-state index in [-0.39, 0.29) is 11.8 Å². The molecule has 4 heteroatoms. The minimum Gasteiger partial charge on any atom is -0.497 e. The van der Waals surface area contributed by atoms with Gasteiger partial charge in [-0.15, -0.1) is 0 Å². The van der Waals surface area contributed by atoms with Crippen molar-refractivity contribution in [2.45, 2.75) is 12.8 Å². The minimum absolute atomic E-state index is 0.0185. The highest BCUT2D eigenvalue weighted by molar-refractivity contribution is 5.95. The molecule has 0 fully saturated rings. The number of H-pyrrole nitrogens is 1. The third-order valence-electron chi connectivity index (χ3n) is 5.37. The SMILES string of the molecule is COc1ccc([C@@H](CNC(=O)c2ccccc2C)c2c[nH]c3ccccc23)cc1. The highest BCUT2D eigenvalue weighted by Crippen LogP contribution is 2.31. The van der Waals surface area contributed by atoms with Crippen molar-refractivity contribution in [2.75, 3.05) is 13.7 Å². The van der Waals surface area contributed by atoms with Crippen LogP contribution in [0, 0.1) is 6.92 Å². The second-order valence-corrected chi connectivity index (χ2v) is 7.14. The highest BCUT2D eigenvalue weighted by Gasteiger charge is 2.20. The number of methoxy groups -OCH3 is 1. The molecular formula is C25H24N2O2. The Morgan fingerprint density at radius 3 is 2.48 bits per heavy atom. The highest BCUT2D eigenvalue weighted by atomic mass is 16.5. The molecule has 4 aromatic rings. The van der Waals surface area contributed by atoms with E-state index in [0.717, 1.165) is 28.0 Å². The molecule has 1 atom stereocenters. The summed E-state index contributed by atoms with van der Waals surface area (Å²) in [7, 11) is 1.66. The summed E-state index contributed by atoms with van der Waals surface area (Å²) in [6, 6.07) is 23.9. The molecule has 4 rings (SSSR count). The second-order valence-electron chi connectivity index (χ2n) is 7.14. The number of ether oxygens (including phenoxy) is 1. The molecule has 1 aromatic heterocycles. The van der Waals surface area contributed by atoms with Crippen LogP contribution in [0.15, 0.2) is 79.0 Å². The maximum absolute atomic E-state index is 12.8. The zero-order valence-electron chi connectivity index (χ0n) is 16.6. The van der Waals surface area contributed by atoms with Crippen molar-refractivity contribution < 1.29 is 9.53 Å². The van der Waals surface area contributed by atoms with E-state index in [1.165, 1.54) is 5.39 Å². The molecule has 146 valence electrons. The third-order valence-corrected chi connectivity index (χ3v) is 5.37. The van der Waals surface area contributed by atoms with Crippen LogP contribution in [0.25, 0.3) is 10.9 Å². The van der Waals surface area contributed by atoms with Crippen LogP contribution in [-0.4, -0.2) is 24.5 Å². The number of aryl methyl sites for hydroxylation is 1. The van der Waals surface area contributed by atoms with Gasteiger partial charge in [0, 0.05) is 35.1 Å². The Balaban J connectivity index is 1.66. The van der Waals surface area contributed by atoms with Gasteiger partial charge >= 0.3 is 0 Å². The monoisotopic (exact) mass is 384 g/mol. The molecule has 0 aliphatic heterocycles. The summed E-state index contributed by atoms with van der Waals surface area (Å²) in [5.74, 6) is 0.779. The van der Waals surface area contributed by atoms with Crippen LogP contribution >= 0.6 is 0 Å². The Kier molecular flexibility index (Phi) is 5.34. The van der Waals surface area contributed by atoms with E-state index in [1.54, 1.807) is 7.11 Å². The van der Waals surface area contributed by atoms with Crippen LogP contribution in [0.4, 0.5) is 0 Å². The van der Waals surface area contributed by atoms with Crippen molar-refractivity contribution >= 4 is 16.8 Å². The van der Waals surface area contributed by atoms with Gasteiger partial charge in [-0.2, -0.15) is 0 Å². The molecule has 0 saturated heterocycles. The maximum Gasteiger partial charge on any atom is 0.251 e. The number of fused-ring (bicyclic) bond motifs is 1. The molecule has 0 unspecified atom stereocenters. The van der Waals surface area contributed by atoms with Gasteiger partial charge in [0.25, 0.3) is 5.91 Å². The van der Waals surface area contributed by atoms with Gasteiger partial charge in [0.1, 0.15) is 5.75 Å². The fourth-order valence-corrected chi connectivity index (χ4v) is 3.74. The number of para-hydroxylation sites is 1. The van der Waals surface area contributed by atoms with Gasteiger partial charge in [0.2, 0.25) is 0 Å². The average Bonchev–Trinajstić information content (AvgIpc) is 3.18. The lowest BCUT2D eigenvalue weighted by molar-refractivity contribution is 0.0952. The number of rotatable bonds is 6. The lowest BCUT2D eigenvalue weighted by Crippen LogP contribution is -2.29. The summed E-state index contributed by atoms with van der Waals surface area (Å²) in [6.45, 7) is 2.46. The summed E-state index contributed by atoms with van der Waals surface area (Å²) < 4.78 is 5.30. The van der Waals surface area contributed by atoms with Crippen molar-refractivity contribution in [2.24, 2.45) is 0 Å². The molecular weight excluding hydrogens is 360 g/mol. The smallest absolute Gasteiger partial charge is 0.251 e. The molecule has 29 heavy (non-hydrogen) atoms. The summed E-state index contributed by atoms with van der Waals surface area (Å²) in [6.07, 6.45) is 2.04. The molecule has 0 saturated carbocycles. The quantitative estimate of drug-likeness (QED) is 0.489. The first kappa shape index (κ1) is 18.8. The van der Waals surface area contributed by atoms with Crippen LogP contribution in [0.2, 0.25) is 0 Å². The first-order valence-electron chi connectivity index (χ1n) is 9.71. The van der Waals surface area contributed by atoms with E-state index in [2.05, 4.69) is 34.6 Å². The Hall–Kier alpha value is -3.53. The van der Waals surface area contributed by atoms with E-state index < -0.39 is 0 Å². The molecule has 4 nitrogen and oxygen atoms in total. The van der Waals surface area contributed by atoms with Crippen LogP contribution in [0.1, 0.15) is 33.0 Å². The van der Waals surface area contributed by atoms with Gasteiger partial charge in [-0.3, -0.25) is 4.79 Å². The molecule has 0 bridgehead atoms. The summed E-state index contributed by atoms with van der Waals surface area (Å²) in [4.78, 5) is 16.1. The number of nitrogens with one attached hydrogen (secondary N) is 2. The van der Waals surface area contributed by atoms with E-state index in [9.17, 15) is 4.79 Å². The molecule has 3 aromatic carbocycles. The summed E-state index contributed by atoms with van der Waals surface area (Å²) in [5, 5.41) is 4.30. The lowest BCUT2D eigenvalue weighted by atomic mass is 9.90. The Bertz CT molecular complexity index is 1130. The fourth-order valence-electron chi connectivity index (χ4n) is 3.74. The standard InChI is InChI=1S/C25H24N2O2/c1-17-7-3-4-8-20(17)25(28)27-15-22(18-11-13-19(29-2)14-12-18)23-16-26-24-10-6-5-9-21(23)24/h3-14,16,22,26H,15H2,1-2H3,(H,27,28)/t22-/m1/s1. The number of carbonyl (C=O) groups is 1. The Labute approximate surface area is 170 Å². The average molecular weight is 384 g/mol. The molecule has 1 amide bonds. The van der Waals surface area contributed by atoms with Crippen molar-refractivity contribution in [3.8, 4) is 5.75 Å². The maximum atomic E-state index is 12.8. The summed E-state index contributed by atoms with van der Waals surface area (Å²) >= 11 is 0. The van der Waals surface area contributed by atoms with E-state index >= 15 is 0 Å². The fraction of sp³-hybridized carbons (Fsp3) is 0.160. The molecule has 0 radical (unpaired) electrons. The number of benzene rings is 3. The predicted octanol–water partition coefficient (Wildman–Crippen LogP) is 5.05. The van der Waals surface area contributed by atoms with Crippen molar-refractivity contribution in [3.63, 3.8) is 0 Å². The number of aromatic amines is 1. The number of aromatic nitrogens is 1. The van der Waals surface area contributed by atoms with Crippen molar-refractivity contribution in [3.05, 3.63) is 101 Å². The zero-order valence-corrected chi connectivity index (χ0v) is 16.6. The van der Waals surface area contributed by atoms with Crippen LogP contribution in [-0.2, 0) is 0 Å². The van der Waals surface area contributed by atoms with Gasteiger partial charge in [0.05, 0.1) is 7.11 Å².